The van der Waals surface area contributed by atoms with Gasteiger partial charge in [0.05, 0.1) is 53.1 Å². The van der Waals surface area contributed by atoms with Crippen molar-refractivity contribution in [2.24, 2.45) is 39.7 Å². The van der Waals surface area contributed by atoms with Crippen molar-refractivity contribution in [1.82, 2.24) is 76.2 Å². The highest BCUT2D eigenvalue weighted by molar-refractivity contribution is 6.31. The number of carbonyl (C=O) groups is 12. The minimum absolute atomic E-state index is 0.0134. The molecule has 11 rings (SSSR count). The number of hydrogen-bond donors (Lipinski definition) is 7. The molecule has 3 aliphatic carbocycles. The summed E-state index contributed by atoms with van der Waals surface area (Å²) in [5, 5.41) is 24.1. The number of nitrogens with one attached hydrogen (secondary N) is 5. The third-order valence-corrected chi connectivity index (χ3v) is 24.1. The molecule has 0 unspecified atom stereocenters. The van der Waals surface area contributed by atoms with Crippen molar-refractivity contribution in [3.8, 4) is 17.6 Å². The molecular weight excluding hydrogens is 1800 g/mol. The number of hydrogen-bond acceptors (Lipinski definition) is 27. The minimum atomic E-state index is -1.05. The van der Waals surface area contributed by atoms with Crippen molar-refractivity contribution in [2.45, 2.75) is 277 Å². The zero-order valence-electron chi connectivity index (χ0n) is 79.0. The third kappa shape index (κ3) is 33.8. The number of rotatable bonds is 31. The molecule has 5 aromatic heterocycles. The molecule has 5 aromatic rings. The first-order valence-corrected chi connectivity index (χ1v) is 46.8. The van der Waals surface area contributed by atoms with Gasteiger partial charge in [0.2, 0.25) is 53.1 Å². The molecule has 6 aliphatic rings. The van der Waals surface area contributed by atoms with Crippen LogP contribution in [0.2, 0.25) is 15.1 Å². The number of carbonyl (C=O) groups excluding carboxylic acids is 11. The maximum atomic E-state index is 14.3. The van der Waals surface area contributed by atoms with E-state index in [0.29, 0.717) is 32.7 Å². The molecule has 12 atom stereocenters. The predicted molar refractivity (Wildman–Crippen MR) is 502 cm³/mol. The fourth-order valence-corrected chi connectivity index (χ4v) is 17.0. The van der Waals surface area contributed by atoms with Gasteiger partial charge in [-0.2, -0.15) is 0 Å². The van der Waals surface area contributed by atoms with Gasteiger partial charge in [-0.05, 0) is 111 Å². The molecular formula is C96H131Cl3N16O20. The number of likely N-dealkylation sites (tertiary alicyclic amines) is 3. The largest absolute Gasteiger partial charge is 0.476 e. The van der Waals surface area contributed by atoms with Crippen LogP contribution in [0.4, 0.5) is 4.79 Å². The number of halogens is 3. The summed E-state index contributed by atoms with van der Waals surface area (Å²) in [6.45, 7) is 32.9. The van der Waals surface area contributed by atoms with Crippen molar-refractivity contribution in [3.05, 3.63) is 157 Å². The number of pyridine rings is 3. The average Bonchev–Trinajstić information content (AvgIpc) is 1.68. The molecule has 3 aliphatic heterocycles. The van der Waals surface area contributed by atoms with Crippen LogP contribution in [0.3, 0.4) is 0 Å². The number of aromatic nitrogens is 7. The van der Waals surface area contributed by atoms with E-state index in [9.17, 15) is 57.5 Å². The zero-order chi connectivity index (χ0) is 99.1. The molecule has 3 saturated carbocycles. The number of carboxylic acid groups (broad SMARTS) is 1. The Kier molecular flexibility index (Phi) is 41.5. The lowest BCUT2D eigenvalue weighted by Crippen LogP contribution is -2.61. The summed E-state index contributed by atoms with van der Waals surface area (Å²) in [6.07, 6.45) is 29.1. The van der Waals surface area contributed by atoms with Crippen LogP contribution in [0.25, 0.3) is 0 Å². The number of alkyl carbamates (subject to hydrolysis) is 1. The monoisotopic (exact) mass is 1930 g/mol. The molecule has 8 heterocycles. The minimum Gasteiger partial charge on any atom is -0.476 e. The van der Waals surface area contributed by atoms with E-state index in [0.717, 1.165) is 96.3 Å². The van der Waals surface area contributed by atoms with Gasteiger partial charge in [-0.25, -0.2) is 48.9 Å². The summed E-state index contributed by atoms with van der Waals surface area (Å²) in [7, 11) is 0. The highest BCUT2D eigenvalue weighted by atomic mass is 35.5. The van der Waals surface area contributed by atoms with Crippen LogP contribution in [0, 0.1) is 34.0 Å². The Balaban J connectivity index is 0.000000238. The van der Waals surface area contributed by atoms with Gasteiger partial charge in [0.15, 0.2) is 5.69 Å². The number of ether oxygens (including phenoxy) is 7. The first kappa shape index (κ1) is 109. The molecule has 0 aromatic carbocycles. The molecule has 36 nitrogen and oxygen atoms in total. The standard InChI is InChI=1S/C32H41ClN6O6.C32H47ClN4O7.C27H39ClN4O5.C5H4N2O2/c1-5-15-44-31(43)24-16-22(45-25-12-11-21(33)17-36-25)19-39(24)30(42)27(32(2,3)4)38-29(41)26(20-9-7-6-8-10-20)37-28(40)23-18-34-13-14-35-23;1-8-16-42-29(40)23-17-22(43-24-15-14-21(33)18-34-24)19-37(23)28(39)26(31(2,3)4)36-27(38)25(20-12-10-9-11-13-20)35-30(41)44-32(5,6)7;1-5-13-36-26(35)20-14-19(37-21-12-11-18(28)15-30-21)16-32(20)25(34)23(27(2,3)4)31-24(33)22(29)17-9-7-6-8-10-17;8-5(9)4-3-6-1-2-7-4/h5,11-14,17-18,20,22,24,26-27H,1,6-10,15-16,19H2,2-4H3,(H,37,40)(H,38,41);8,14-15,18,20,22-23,25-26H,1,9-13,16-17,19H2,2-7H3,(H,35,41)(H,36,38);5,11-12,15,17,19-20,22-23H,1,6-10,13-14,16,29H2,2-4H3,(H,31,33);1-3H,(H,8,9)/t22-,24+,26+,27-;22-,23+,25+,26-;19-,20+,22+,23-;/m111./s1. The second kappa shape index (κ2) is 51.4. The lowest BCUT2D eigenvalue weighted by Gasteiger charge is -2.37. The van der Waals surface area contributed by atoms with Crippen molar-refractivity contribution in [2.75, 3.05) is 39.5 Å². The molecule has 8 amide bonds. The third-order valence-electron chi connectivity index (χ3n) is 23.5. The Labute approximate surface area is 804 Å². The summed E-state index contributed by atoms with van der Waals surface area (Å²) >= 11 is 17.8. The molecule has 0 spiro atoms. The number of amides is 8. The Morgan fingerprint density at radius 3 is 1.03 bits per heavy atom. The van der Waals surface area contributed by atoms with Crippen LogP contribution in [0.1, 0.15) is 220 Å². The van der Waals surface area contributed by atoms with E-state index in [1.54, 1.807) is 57.2 Å². The van der Waals surface area contributed by atoms with E-state index in [-0.39, 0.29) is 99.7 Å². The van der Waals surface area contributed by atoms with Crippen molar-refractivity contribution in [1.29, 1.82) is 0 Å². The van der Waals surface area contributed by atoms with Crippen LogP contribution in [0.15, 0.2) is 130 Å². The van der Waals surface area contributed by atoms with Gasteiger partial charge in [0.1, 0.15) is 97.8 Å². The number of nitrogens with zero attached hydrogens (tertiary/aromatic N) is 10. The maximum absolute atomic E-state index is 14.3. The highest BCUT2D eigenvalue weighted by Gasteiger charge is 2.52. The normalized spacial score (nSPS) is 20.1. The van der Waals surface area contributed by atoms with Crippen LogP contribution in [0.5, 0.6) is 17.6 Å². The second-order valence-corrected chi connectivity index (χ2v) is 39.7. The number of carboxylic acids is 1. The number of aromatic carboxylic acids is 1. The van der Waals surface area contributed by atoms with Crippen molar-refractivity contribution >= 4 is 106 Å². The summed E-state index contributed by atoms with van der Waals surface area (Å²) in [4.78, 5) is 190. The Bertz CT molecular complexity index is 4790. The summed E-state index contributed by atoms with van der Waals surface area (Å²) in [5.74, 6) is -5.12. The van der Waals surface area contributed by atoms with Gasteiger partial charge in [0.25, 0.3) is 5.91 Å². The lowest BCUT2D eigenvalue weighted by molar-refractivity contribution is -0.154. The van der Waals surface area contributed by atoms with Crippen LogP contribution in [-0.2, 0) is 62.1 Å². The van der Waals surface area contributed by atoms with Crippen molar-refractivity contribution in [3.63, 3.8) is 0 Å². The van der Waals surface area contributed by atoms with Crippen LogP contribution >= 0.6 is 34.8 Å². The molecule has 3 saturated heterocycles. The van der Waals surface area contributed by atoms with Crippen molar-refractivity contribution < 1.29 is 95.8 Å². The Morgan fingerprint density at radius 2 is 0.748 bits per heavy atom. The van der Waals surface area contributed by atoms with E-state index in [1.807, 2.05) is 62.3 Å². The first-order valence-electron chi connectivity index (χ1n) is 45.7. The van der Waals surface area contributed by atoms with Gasteiger partial charge in [0, 0.05) is 80.8 Å². The predicted octanol–water partition coefficient (Wildman–Crippen LogP) is 11.8. The molecule has 0 radical (unpaired) electrons. The van der Waals surface area contributed by atoms with E-state index in [2.05, 4.69) is 81.2 Å². The zero-order valence-corrected chi connectivity index (χ0v) is 81.3. The van der Waals surface area contributed by atoms with Gasteiger partial charge in [-0.3, -0.25) is 43.5 Å². The molecule has 8 N–H and O–H groups in total. The smallest absolute Gasteiger partial charge is 0.408 e. The lowest BCUT2D eigenvalue weighted by atomic mass is 9.82. The quantitative estimate of drug-likeness (QED) is 0.0123. The van der Waals surface area contributed by atoms with Gasteiger partial charge >= 0.3 is 30.0 Å². The van der Waals surface area contributed by atoms with Gasteiger partial charge < -0.3 is 85.3 Å². The Hall–Kier alpha value is -11.5. The molecule has 135 heavy (non-hydrogen) atoms. The maximum Gasteiger partial charge on any atom is 0.408 e. The topological polar surface area (TPSA) is 476 Å². The second-order valence-electron chi connectivity index (χ2n) is 38.4. The highest BCUT2D eigenvalue weighted by Crippen LogP contribution is 2.37. The first-order chi connectivity index (χ1) is 63.9. The molecule has 39 heteroatoms. The van der Waals surface area contributed by atoms with Crippen LogP contribution in [-0.4, -0.2) is 244 Å². The summed E-state index contributed by atoms with van der Waals surface area (Å²) < 4.78 is 39.4. The number of esters is 3. The summed E-state index contributed by atoms with van der Waals surface area (Å²) in [5.41, 5.74) is 3.51. The molecule has 736 valence electrons. The average molecular weight is 1940 g/mol. The van der Waals surface area contributed by atoms with E-state index in [1.165, 1.54) is 88.7 Å². The molecule has 0 bridgehead atoms. The van der Waals surface area contributed by atoms with E-state index in [4.69, 9.17) is 78.8 Å². The van der Waals surface area contributed by atoms with E-state index >= 15 is 0 Å². The fourth-order valence-electron chi connectivity index (χ4n) is 16.6. The van der Waals surface area contributed by atoms with E-state index < -0.39 is 154 Å². The SMILES string of the molecule is C=CCOC(=O)[C@@H]1C[C@@H](Oc2ccc(Cl)cn2)CN1C(=O)[C@@H](NC(=O)[C@@H](N)C1CCCCC1)C(C)(C)C.C=CCOC(=O)[C@@H]1C[C@@H](Oc2ccc(Cl)cn2)CN1C(=O)[C@@H](NC(=O)[C@@H](NC(=O)OC(C)(C)C)C1CCCCC1)C(C)(C)C.C=CCOC(=O)[C@@H]1C[C@@H](Oc2ccc(Cl)cn2)CN1C(=O)[C@@H](NC(=O)[C@@H](NC(=O)c1cnccn1)C1CCCCC1)C(C)(C)C.O=C(O)c1cnccn1. The van der Waals surface area contributed by atoms with Crippen LogP contribution < -0.4 is 46.5 Å². The molecule has 6 fully saturated rings. The summed E-state index contributed by atoms with van der Waals surface area (Å²) in [6, 6.07) is 1.57. The number of nitrogens with two attached hydrogens (primary N) is 1. The fraction of sp³-hybridized carbons (Fsp3) is 0.573. The van der Waals surface area contributed by atoms with Gasteiger partial charge in [-0.1, -0.05) is 193 Å². The van der Waals surface area contributed by atoms with Gasteiger partial charge in [-0.15, -0.1) is 0 Å². The Morgan fingerprint density at radius 1 is 0.430 bits per heavy atom.